The molecule has 1 aromatic carbocycles. The van der Waals surface area contributed by atoms with Crippen LogP contribution in [0.15, 0.2) is 36.4 Å². The second-order valence-electron chi connectivity index (χ2n) is 4.39. The van der Waals surface area contributed by atoms with Crippen molar-refractivity contribution in [3.05, 3.63) is 42.2 Å². The Morgan fingerprint density at radius 2 is 1.88 bits per heavy atom. The van der Waals surface area contributed by atoms with Crippen LogP contribution < -0.4 is 5.32 Å². The number of nitrogens with one attached hydrogen (secondary N) is 1. The molecular formula is C14H15N3. The topological polar surface area (TPSA) is 37.8 Å². The van der Waals surface area contributed by atoms with Crippen LogP contribution in [0.3, 0.4) is 0 Å². The molecule has 3 rings (SSSR count). The lowest BCUT2D eigenvalue weighted by atomic mass is 10.1. The average Bonchev–Trinajstić information content (AvgIpc) is 3.23. The van der Waals surface area contributed by atoms with Crippen LogP contribution in [0.25, 0.3) is 11.3 Å². The second-order valence-corrected chi connectivity index (χ2v) is 4.39. The van der Waals surface area contributed by atoms with Crippen molar-refractivity contribution >= 4 is 5.82 Å². The maximum absolute atomic E-state index is 4.66. The third-order valence-corrected chi connectivity index (χ3v) is 3.01. The van der Waals surface area contributed by atoms with Gasteiger partial charge in [0.15, 0.2) is 0 Å². The lowest BCUT2D eigenvalue weighted by molar-refractivity contribution is 0.932. The number of hydrogen-bond acceptors (Lipinski definition) is 3. The smallest absolute Gasteiger partial charge is 0.134 e. The van der Waals surface area contributed by atoms with Crippen LogP contribution in [-0.4, -0.2) is 17.0 Å². The predicted molar refractivity (Wildman–Crippen MR) is 69.0 cm³/mol. The molecule has 0 atom stereocenters. The van der Waals surface area contributed by atoms with E-state index in [0.717, 1.165) is 22.9 Å². The minimum absolute atomic E-state index is 0.575. The quantitative estimate of drug-likeness (QED) is 0.872. The zero-order valence-electron chi connectivity index (χ0n) is 9.85. The fourth-order valence-corrected chi connectivity index (χ4v) is 1.87. The Morgan fingerprint density at radius 1 is 1.12 bits per heavy atom. The fraction of sp³-hybridized carbons (Fsp3) is 0.286. The van der Waals surface area contributed by atoms with Crippen molar-refractivity contribution in [2.75, 3.05) is 12.4 Å². The first-order chi connectivity index (χ1) is 8.36. The number of benzene rings is 1. The lowest BCUT2D eigenvalue weighted by Gasteiger charge is -2.07. The summed E-state index contributed by atoms with van der Waals surface area (Å²) >= 11 is 0. The number of nitrogens with zero attached hydrogens (tertiary/aromatic N) is 2. The molecule has 0 bridgehead atoms. The van der Waals surface area contributed by atoms with Gasteiger partial charge in [-0.25, -0.2) is 9.97 Å². The molecular weight excluding hydrogens is 210 g/mol. The molecule has 3 heteroatoms. The number of anilines is 1. The molecule has 0 unspecified atom stereocenters. The van der Waals surface area contributed by atoms with Gasteiger partial charge in [-0.2, -0.15) is 0 Å². The minimum atomic E-state index is 0.575. The maximum atomic E-state index is 4.66. The molecule has 1 N–H and O–H groups in total. The normalized spacial score (nSPS) is 14.6. The minimum Gasteiger partial charge on any atom is -0.373 e. The third-order valence-electron chi connectivity index (χ3n) is 3.01. The summed E-state index contributed by atoms with van der Waals surface area (Å²) in [4.78, 5) is 9.18. The van der Waals surface area contributed by atoms with Crippen LogP contribution in [0.4, 0.5) is 5.82 Å². The van der Waals surface area contributed by atoms with Gasteiger partial charge in [0.2, 0.25) is 0 Å². The van der Waals surface area contributed by atoms with Crippen molar-refractivity contribution in [3.8, 4) is 11.3 Å². The van der Waals surface area contributed by atoms with Gasteiger partial charge in [-0.1, -0.05) is 30.3 Å². The highest BCUT2D eigenvalue weighted by Gasteiger charge is 2.27. The van der Waals surface area contributed by atoms with Gasteiger partial charge in [-0.3, -0.25) is 0 Å². The molecule has 86 valence electrons. The molecule has 0 radical (unpaired) electrons. The maximum Gasteiger partial charge on any atom is 0.134 e. The van der Waals surface area contributed by atoms with Crippen LogP contribution in [0, 0.1) is 0 Å². The molecule has 3 nitrogen and oxygen atoms in total. The molecule has 0 amide bonds. The Kier molecular flexibility index (Phi) is 2.52. The summed E-state index contributed by atoms with van der Waals surface area (Å²) in [6.45, 7) is 0. The van der Waals surface area contributed by atoms with E-state index < -0.39 is 0 Å². The number of rotatable bonds is 3. The molecule has 0 aliphatic heterocycles. The summed E-state index contributed by atoms with van der Waals surface area (Å²) in [5, 5.41) is 3.11. The summed E-state index contributed by atoms with van der Waals surface area (Å²) in [5.74, 6) is 2.46. The van der Waals surface area contributed by atoms with E-state index in [4.69, 9.17) is 0 Å². The molecule has 1 fully saturated rings. The Bertz CT molecular complexity index is 518. The Morgan fingerprint density at radius 3 is 2.53 bits per heavy atom. The first-order valence-corrected chi connectivity index (χ1v) is 5.99. The highest BCUT2D eigenvalue weighted by molar-refractivity contribution is 5.62. The summed E-state index contributed by atoms with van der Waals surface area (Å²) in [5.41, 5.74) is 2.15. The van der Waals surface area contributed by atoms with Crippen LogP contribution in [-0.2, 0) is 0 Å². The molecule has 0 saturated heterocycles. The fourth-order valence-electron chi connectivity index (χ4n) is 1.87. The predicted octanol–water partition coefficient (Wildman–Crippen LogP) is 3.06. The van der Waals surface area contributed by atoms with Gasteiger partial charge >= 0.3 is 0 Å². The Balaban J connectivity index is 2.06. The molecule has 1 saturated carbocycles. The zero-order valence-corrected chi connectivity index (χ0v) is 9.85. The summed E-state index contributed by atoms with van der Waals surface area (Å²) in [6.07, 6.45) is 2.45. The van der Waals surface area contributed by atoms with E-state index in [1.807, 2.05) is 31.3 Å². The SMILES string of the molecule is CNc1cc(-c2ccccc2)nc(C2CC2)n1. The molecule has 1 heterocycles. The standard InChI is InChI=1S/C14H15N3/c1-15-13-9-12(10-5-3-2-4-6-10)16-14(17-13)11-7-8-11/h2-6,9,11H,7-8H2,1H3,(H,15,16,17). The molecule has 1 aromatic heterocycles. The molecule has 17 heavy (non-hydrogen) atoms. The van der Waals surface area contributed by atoms with E-state index in [0.29, 0.717) is 5.92 Å². The van der Waals surface area contributed by atoms with Crippen molar-refractivity contribution in [1.82, 2.24) is 9.97 Å². The largest absolute Gasteiger partial charge is 0.373 e. The van der Waals surface area contributed by atoms with Gasteiger partial charge in [0, 0.05) is 24.6 Å². The first-order valence-electron chi connectivity index (χ1n) is 5.99. The average molecular weight is 225 g/mol. The monoisotopic (exact) mass is 225 g/mol. The Hall–Kier alpha value is -1.90. The van der Waals surface area contributed by atoms with Crippen molar-refractivity contribution < 1.29 is 0 Å². The molecule has 0 spiro atoms. The van der Waals surface area contributed by atoms with Gasteiger partial charge in [0.25, 0.3) is 0 Å². The number of hydrogen-bond donors (Lipinski definition) is 1. The molecule has 2 aromatic rings. The Labute approximate surface area is 101 Å². The summed E-state index contributed by atoms with van der Waals surface area (Å²) in [6, 6.07) is 12.3. The zero-order chi connectivity index (χ0) is 11.7. The highest BCUT2D eigenvalue weighted by atomic mass is 15.0. The summed E-state index contributed by atoms with van der Waals surface area (Å²) < 4.78 is 0. The van der Waals surface area contributed by atoms with Crippen molar-refractivity contribution in [2.45, 2.75) is 18.8 Å². The highest BCUT2D eigenvalue weighted by Crippen LogP contribution is 2.39. The third kappa shape index (κ3) is 2.13. The van der Waals surface area contributed by atoms with Gasteiger partial charge in [-0.15, -0.1) is 0 Å². The van der Waals surface area contributed by atoms with E-state index in [9.17, 15) is 0 Å². The number of aromatic nitrogens is 2. The van der Waals surface area contributed by atoms with E-state index >= 15 is 0 Å². The van der Waals surface area contributed by atoms with Crippen molar-refractivity contribution in [2.24, 2.45) is 0 Å². The van der Waals surface area contributed by atoms with Crippen LogP contribution in [0.1, 0.15) is 24.6 Å². The molecule has 1 aliphatic rings. The van der Waals surface area contributed by atoms with E-state index in [1.165, 1.54) is 12.8 Å². The molecule has 1 aliphatic carbocycles. The van der Waals surface area contributed by atoms with E-state index in [1.54, 1.807) is 0 Å². The first kappa shape index (κ1) is 10.3. The second kappa shape index (κ2) is 4.17. The van der Waals surface area contributed by atoms with Crippen LogP contribution >= 0.6 is 0 Å². The van der Waals surface area contributed by atoms with E-state index in [-0.39, 0.29) is 0 Å². The van der Waals surface area contributed by atoms with Crippen LogP contribution in [0.2, 0.25) is 0 Å². The lowest BCUT2D eigenvalue weighted by Crippen LogP contribution is -2.00. The summed E-state index contributed by atoms with van der Waals surface area (Å²) in [7, 11) is 1.90. The van der Waals surface area contributed by atoms with Crippen molar-refractivity contribution in [1.29, 1.82) is 0 Å². The van der Waals surface area contributed by atoms with Crippen molar-refractivity contribution in [3.63, 3.8) is 0 Å². The van der Waals surface area contributed by atoms with Gasteiger partial charge in [-0.05, 0) is 12.8 Å². The van der Waals surface area contributed by atoms with E-state index in [2.05, 4.69) is 27.4 Å². The van der Waals surface area contributed by atoms with Crippen LogP contribution in [0.5, 0.6) is 0 Å². The van der Waals surface area contributed by atoms with Gasteiger partial charge < -0.3 is 5.32 Å². The van der Waals surface area contributed by atoms with Gasteiger partial charge in [0.05, 0.1) is 5.69 Å². The van der Waals surface area contributed by atoms with Gasteiger partial charge in [0.1, 0.15) is 11.6 Å².